The van der Waals surface area contributed by atoms with Crippen LogP contribution in [0.5, 0.6) is 5.75 Å². The molecule has 0 saturated heterocycles. The highest BCUT2D eigenvalue weighted by molar-refractivity contribution is 5.97. The van der Waals surface area contributed by atoms with Crippen molar-refractivity contribution in [1.29, 1.82) is 5.26 Å². The summed E-state index contributed by atoms with van der Waals surface area (Å²) in [4.78, 5) is 12.4. The van der Waals surface area contributed by atoms with Crippen molar-refractivity contribution in [1.82, 2.24) is 5.32 Å². The first-order chi connectivity index (χ1) is 12.9. The monoisotopic (exact) mass is 367 g/mol. The Bertz CT molecular complexity index is 870. The zero-order valence-electron chi connectivity index (χ0n) is 15.5. The highest BCUT2D eigenvalue weighted by Crippen LogP contribution is 2.26. The normalized spacial score (nSPS) is 12.0. The van der Waals surface area contributed by atoms with Crippen LogP contribution < -0.4 is 15.4 Å². The predicted molar refractivity (Wildman–Crippen MR) is 103 cm³/mol. The van der Waals surface area contributed by atoms with Crippen molar-refractivity contribution in [3.8, 4) is 11.8 Å². The van der Waals surface area contributed by atoms with Crippen molar-refractivity contribution in [2.75, 3.05) is 11.9 Å². The van der Waals surface area contributed by atoms with E-state index in [1.54, 1.807) is 0 Å². The summed E-state index contributed by atoms with van der Waals surface area (Å²) in [5.74, 6) is -0.175. The minimum Gasteiger partial charge on any atom is -0.494 e. The van der Waals surface area contributed by atoms with Crippen molar-refractivity contribution in [3.63, 3.8) is 0 Å². The molecule has 2 rings (SSSR count). The molecule has 2 N–H and O–H groups in total. The molecule has 5 nitrogen and oxygen atoms in total. The Kier molecular flexibility index (Phi) is 6.95. The van der Waals surface area contributed by atoms with Crippen molar-refractivity contribution >= 4 is 11.6 Å². The van der Waals surface area contributed by atoms with Crippen LogP contribution in [0.1, 0.15) is 31.0 Å². The van der Waals surface area contributed by atoms with Gasteiger partial charge < -0.3 is 15.4 Å². The number of nitrogens with zero attached hydrogens (tertiary/aromatic N) is 1. The average Bonchev–Trinajstić information content (AvgIpc) is 2.65. The number of rotatable bonds is 7. The maximum absolute atomic E-state index is 12.9. The molecule has 0 aliphatic rings. The number of anilines is 1. The molecule has 2 aromatic rings. The van der Waals surface area contributed by atoms with Gasteiger partial charge in [-0.3, -0.25) is 4.79 Å². The fraction of sp³-hybridized carbons (Fsp3) is 0.238. The van der Waals surface area contributed by atoms with Crippen molar-refractivity contribution in [2.24, 2.45) is 0 Å². The Hall–Kier alpha value is -3.33. The summed E-state index contributed by atoms with van der Waals surface area (Å²) in [5.41, 5.74) is 2.37. The van der Waals surface area contributed by atoms with E-state index in [2.05, 4.69) is 10.6 Å². The second-order valence-corrected chi connectivity index (χ2v) is 5.99. The number of carbonyl (C=O) groups is 1. The summed E-state index contributed by atoms with van der Waals surface area (Å²) in [5, 5.41) is 14.9. The summed E-state index contributed by atoms with van der Waals surface area (Å²) in [6.45, 7) is 6.20. The summed E-state index contributed by atoms with van der Waals surface area (Å²) in [6, 6.07) is 12.9. The van der Waals surface area contributed by atoms with Gasteiger partial charge in [0.25, 0.3) is 5.91 Å². The lowest BCUT2D eigenvalue weighted by Crippen LogP contribution is -2.28. The van der Waals surface area contributed by atoms with Gasteiger partial charge in [-0.15, -0.1) is 0 Å². The highest BCUT2D eigenvalue weighted by Gasteiger charge is 2.17. The van der Waals surface area contributed by atoms with Gasteiger partial charge in [-0.1, -0.05) is 17.7 Å². The summed E-state index contributed by atoms with van der Waals surface area (Å²) < 4.78 is 18.6. The van der Waals surface area contributed by atoms with E-state index in [1.807, 2.05) is 45.0 Å². The zero-order valence-corrected chi connectivity index (χ0v) is 15.5. The predicted octanol–water partition coefficient (Wildman–Crippen LogP) is 4.23. The van der Waals surface area contributed by atoms with Gasteiger partial charge in [-0.25, -0.2) is 4.39 Å². The standard InChI is InChI=1S/C21H22FN3O2/c1-4-27-20-10-5-14(2)11-19(20)15(3)25-21(26)16(12-23)13-24-18-8-6-17(22)7-9-18/h5-11,13,15,24H,4H2,1-3H3,(H,25,26)/b16-13-. The van der Waals surface area contributed by atoms with E-state index >= 15 is 0 Å². The second-order valence-electron chi connectivity index (χ2n) is 5.99. The average molecular weight is 367 g/mol. The van der Waals surface area contributed by atoms with Crippen LogP contribution in [0.2, 0.25) is 0 Å². The number of carbonyl (C=O) groups excluding carboxylic acids is 1. The lowest BCUT2D eigenvalue weighted by atomic mass is 10.0. The van der Waals surface area contributed by atoms with Crippen molar-refractivity contribution < 1.29 is 13.9 Å². The number of amides is 1. The third-order valence-corrected chi connectivity index (χ3v) is 3.87. The van der Waals surface area contributed by atoms with Gasteiger partial charge in [0.1, 0.15) is 23.2 Å². The Balaban J connectivity index is 2.12. The van der Waals surface area contributed by atoms with Crippen LogP contribution >= 0.6 is 0 Å². The van der Waals surface area contributed by atoms with Gasteiger partial charge in [0.05, 0.1) is 12.6 Å². The van der Waals surface area contributed by atoms with E-state index in [1.165, 1.54) is 30.5 Å². The molecular formula is C21H22FN3O2. The molecule has 27 heavy (non-hydrogen) atoms. The van der Waals surface area contributed by atoms with Gasteiger partial charge in [0.15, 0.2) is 0 Å². The third-order valence-electron chi connectivity index (χ3n) is 3.87. The molecule has 1 amide bonds. The molecule has 0 fully saturated rings. The van der Waals surface area contributed by atoms with E-state index in [4.69, 9.17) is 4.74 Å². The largest absolute Gasteiger partial charge is 0.494 e. The topological polar surface area (TPSA) is 74.1 Å². The zero-order chi connectivity index (χ0) is 19.8. The first kappa shape index (κ1) is 20.0. The maximum Gasteiger partial charge on any atom is 0.263 e. The van der Waals surface area contributed by atoms with Gasteiger partial charge in [0, 0.05) is 17.5 Å². The Labute approximate surface area is 158 Å². The van der Waals surface area contributed by atoms with Gasteiger partial charge >= 0.3 is 0 Å². The lowest BCUT2D eigenvalue weighted by molar-refractivity contribution is -0.117. The molecule has 0 spiro atoms. The quantitative estimate of drug-likeness (QED) is 0.567. The number of benzene rings is 2. The first-order valence-corrected chi connectivity index (χ1v) is 8.61. The molecule has 6 heteroatoms. The Morgan fingerprint density at radius 2 is 2.00 bits per heavy atom. The SMILES string of the molecule is CCOc1ccc(C)cc1C(C)NC(=O)/C(C#N)=C\Nc1ccc(F)cc1. The number of aryl methyl sites for hydroxylation is 1. The van der Waals surface area contributed by atoms with Crippen LogP contribution in [0.25, 0.3) is 0 Å². The van der Waals surface area contributed by atoms with Crippen LogP contribution in [0.3, 0.4) is 0 Å². The van der Waals surface area contributed by atoms with Gasteiger partial charge in [0.2, 0.25) is 0 Å². The molecule has 0 aliphatic heterocycles. The number of hydrogen-bond donors (Lipinski definition) is 2. The molecule has 0 radical (unpaired) electrons. The highest BCUT2D eigenvalue weighted by atomic mass is 19.1. The number of nitrogens with one attached hydrogen (secondary N) is 2. The van der Waals surface area contributed by atoms with E-state index in [0.29, 0.717) is 18.0 Å². The molecule has 2 aromatic carbocycles. The molecule has 0 aromatic heterocycles. The minimum absolute atomic E-state index is 0.0863. The molecule has 1 unspecified atom stereocenters. The van der Waals surface area contributed by atoms with Crippen molar-refractivity contribution in [2.45, 2.75) is 26.8 Å². The third kappa shape index (κ3) is 5.58. The maximum atomic E-state index is 12.9. The Morgan fingerprint density at radius 1 is 1.30 bits per heavy atom. The van der Waals surface area contributed by atoms with Crippen LogP contribution in [-0.4, -0.2) is 12.5 Å². The van der Waals surface area contributed by atoms with Gasteiger partial charge in [-0.05, 0) is 51.1 Å². The molecule has 0 heterocycles. The number of hydrogen-bond acceptors (Lipinski definition) is 4. The fourth-order valence-corrected chi connectivity index (χ4v) is 2.50. The summed E-state index contributed by atoms with van der Waals surface area (Å²) >= 11 is 0. The molecule has 1 atom stereocenters. The smallest absolute Gasteiger partial charge is 0.263 e. The van der Waals surface area contributed by atoms with E-state index in [9.17, 15) is 14.4 Å². The van der Waals surface area contributed by atoms with Crippen LogP contribution in [0.4, 0.5) is 10.1 Å². The second kappa shape index (κ2) is 9.39. The first-order valence-electron chi connectivity index (χ1n) is 8.61. The number of ether oxygens (including phenoxy) is 1. The van der Waals surface area contributed by atoms with Crippen molar-refractivity contribution in [3.05, 3.63) is 71.2 Å². The van der Waals surface area contributed by atoms with E-state index in [0.717, 1.165) is 11.1 Å². The van der Waals surface area contributed by atoms with Crippen LogP contribution in [0, 0.1) is 24.1 Å². The van der Waals surface area contributed by atoms with E-state index in [-0.39, 0.29) is 17.4 Å². The minimum atomic E-state index is -0.511. The number of nitriles is 1. The van der Waals surface area contributed by atoms with E-state index < -0.39 is 5.91 Å². The molecule has 0 aliphatic carbocycles. The fourth-order valence-electron chi connectivity index (χ4n) is 2.50. The van der Waals surface area contributed by atoms with Crippen LogP contribution in [-0.2, 0) is 4.79 Å². The van der Waals surface area contributed by atoms with Gasteiger partial charge in [-0.2, -0.15) is 5.26 Å². The molecule has 0 bridgehead atoms. The summed E-state index contributed by atoms with van der Waals surface area (Å²) in [6.07, 6.45) is 1.30. The number of halogens is 1. The molecule has 140 valence electrons. The molecule has 0 saturated carbocycles. The summed E-state index contributed by atoms with van der Waals surface area (Å²) in [7, 11) is 0. The Morgan fingerprint density at radius 3 is 2.63 bits per heavy atom. The molecular weight excluding hydrogens is 345 g/mol. The lowest BCUT2D eigenvalue weighted by Gasteiger charge is -2.18. The van der Waals surface area contributed by atoms with Crippen LogP contribution in [0.15, 0.2) is 54.2 Å².